The molecule has 0 aliphatic heterocycles. The van der Waals surface area contributed by atoms with E-state index >= 15 is 0 Å². The normalized spacial score (nSPS) is 19.7. The highest BCUT2D eigenvalue weighted by atomic mass is 31.2. The van der Waals surface area contributed by atoms with Crippen LogP contribution in [-0.4, -0.2) is 103 Å². The summed E-state index contributed by atoms with van der Waals surface area (Å²) in [6.07, 6.45) is 35.8. The summed E-state index contributed by atoms with van der Waals surface area (Å²) in [4.78, 5) is 48.2. The SMILES string of the molecule is CC/C=C\C/C=C\C/C=C\C/C=C\C/C=C\CCCC(=O)OC[C@H](COP(=O)(O)OCC[N+](C)(C)C)OC(=O)CCCCCC[C@H]1[C@@H](O)CC(=O)[C@@H]1/C=C/[C@@H](O)CCCCC. The first kappa shape index (κ1) is 56.1. The van der Waals surface area contributed by atoms with Crippen LogP contribution in [0.15, 0.2) is 72.9 Å². The molecule has 6 atom stereocenters. The maximum absolute atomic E-state index is 12.8. The van der Waals surface area contributed by atoms with Gasteiger partial charge in [-0.25, -0.2) is 4.57 Å². The first-order valence-electron chi connectivity index (χ1n) is 22.8. The molecule has 0 amide bonds. The second-order valence-corrected chi connectivity index (χ2v) is 18.3. The number of ketones is 1. The highest BCUT2D eigenvalue weighted by Gasteiger charge is 2.39. The van der Waals surface area contributed by atoms with Crippen molar-refractivity contribution in [3.8, 4) is 0 Å². The first-order valence-corrected chi connectivity index (χ1v) is 24.3. The van der Waals surface area contributed by atoms with Crippen molar-refractivity contribution in [2.45, 2.75) is 154 Å². The number of hydrogen-bond donors (Lipinski definition) is 3. The number of phosphoric ester groups is 1. The minimum Gasteiger partial charge on any atom is -0.462 e. The Morgan fingerprint density at radius 1 is 0.787 bits per heavy atom. The molecule has 0 saturated heterocycles. The minimum atomic E-state index is -4.46. The van der Waals surface area contributed by atoms with Gasteiger partial charge in [0.2, 0.25) is 0 Å². The Morgan fingerprint density at radius 2 is 1.39 bits per heavy atom. The van der Waals surface area contributed by atoms with Gasteiger partial charge in [0.05, 0.1) is 40.0 Å². The molecule has 0 aromatic heterocycles. The summed E-state index contributed by atoms with van der Waals surface area (Å²) in [5.41, 5.74) is 0. The zero-order valence-corrected chi connectivity index (χ0v) is 39.0. The van der Waals surface area contributed by atoms with Crippen molar-refractivity contribution in [1.29, 1.82) is 0 Å². The van der Waals surface area contributed by atoms with Gasteiger partial charge in [0.1, 0.15) is 25.5 Å². The molecule has 1 saturated carbocycles. The van der Waals surface area contributed by atoms with Gasteiger partial charge in [-0.1, -0.05) is 125 Å². The van der Waals surface area contributed by atoms with E-state index in [1.165, 1.54) is 0 Å². The monoisotopic (exact) mass is 879 g/mol. The predicted octanol–water partition coefficient (Wildman–Crippen LogP) is 9.61. The van der Waals surface area contributed by atoms with Gasteiger partial charge in [-0.05, 0) is 70.1 Å². The molecule has 0 aromatic carbocycles. The zero-order valence-electron chi connectivity index (χ0n) is 38.1. The third-order valence-corrected chi connectivity index (χ3v) is 11.1. The van der Waals surface area contributed by atoms with Crippen LogP contribution in [0.5, 0.6) is 0 Å². The van der Waals surface area contributed by atoms with Crippen molar-refractivity contribution in [2.75, 3.05) is 47.5 Å². The average Bonchev–Trinajstić information content (AvgIpc) is 3.47. The second-order valence-electron chi connectivity index (χ2n) is 16.8. The van der Waals surface area contributed by atoms with Crippen LogP contribution in [0.4, 0.5) is 0 Å². The summed E-state index contributed by atoms with van der Waals surface area (Å²) in [5.74, 6) is -1.63. The van der Waals surface area contributed by atoms with Crippen LogP contribution in [0.1, 0.15) is 136 Å². The molecular formula is C48H81NO11P+. The number of phosphoric acid groups is 1. The van der Waals surface area contributed by atoms with Crippen molar-refractivity contribution in [2.24, 2.45) is 11.8 Å². The summed E-state index contributed by atoms with van der Waals surface area (Å²) in [7, 11) is 1.29. The summed E-state index contributed by atoms with van der Waals surface area (Å²) in [6, 6.07) is 0. The second kappa shape index (κ2) is 34.5. The molecule has 0 heterocycles. The fourth-order valence-electron chi connectivity index (χ4n) is 6.54. The molecule has 0 spiro atoms. The van der Waals surface area contributed by atoms with Crippen molar-refractivity contribution >= 4 is 25.5 Å². The summed E-state index contributed by atoms with van der Waals surface area (Å²) in [5, 5.41) is 20.8. The van der Waals surface area contributed by atoms with Gasteiger partial charge < -0.3 is 29.1 Å². The molecule has 1 unspecified atom stereocenters. The standard InChI is InChI=1S/C48H80NO11P/c1-6-8-10-11-12-13-14-15-16-17-18-19-20-21-22-23-28-32-47(53)57-39-42(40-59-61(55,56)58-37-36-49(3,4)5)60-48(54)33-29-25-24-27-31-43-44(46(52)38-45(43)51)35-34-41(50)30-26-9-7-2/h8,10,12-13,15-16,18-19,21-22,34-35,41-45,50-51H,6-7,9,11,14,17,20,23-33,36-40H2,1-5H3/p+1/b10-8-,13-12-,16-15-,19-18-,22-21-,35-34+/t41-,42+,43+,44+,45-/m0/s1. The van der Waals surface area contributed by atoms with Crippen molar-refractivity contribution in [1.82, 2.24) is 0 Å². The maximum atomic E-state index is 12.8. The minimum absolute atomic E-state index is 0.00363. The lowest BCUT2D eigenvalue weighted by Crippen LogP contribution is -2.37. The van der Waals surface area contributed by atoms with Crippen LogP contribution in [0.2, 0.25) is 0 Å². The van der Waals surface area contributed by atoms with Crippen molar-refractivity contribution < 1.29 is 57.1 Å². The van der Waals surface area contributed by atoms with Gasteiger partial charge in [0.25, 0.3) is 0 Å². The lowest BCUT2D eigenvalue weighted by atomic mass is 9.88. The number of carbonyl (C=O) groups is 3. The number of unbranched alkanes of at least 4 members (excludes halogenated alkanes) is 6. The fourth-order valence-corrected chi connectivity index (χ4v) is 7.28. The lowest BCUT2D eigenvalue weighted by molar-refractivity contribution is -0.870. The third-order valence-electron chi connectivity index (χ3n) is 10.1. The lowest BCUT2D eigenvalue weighted by Gasteiger charge is -2.24. The molecular weight excluding hydrogens is 797 g/mol. The number of carbonyl (C=O) groups excluding carboxylic acids is 3. The molecule has 0 aromatic rings. The zero-order chi connectivity index (χ0) is 45.2. The molecule has 1 fully saturated rings. The Kier molecular flexibility index (Phi) is 31.7. The molecule has 12 nitrogen and oxygen atoms in total. The number of quaternary nitrogens is 1. The highest BCUT2D eigenvalue weighted by molar-refractivity contribution is 7.47. The van der Waals surface area contributed by atoms with E-state index in [9.17, 15) is 34.1 Å². The topological polar surface area (TPSA) is 166 Å². The Hall–Kier alpha value is -2.96. The van der Waals surface area contributed by atoms with E-state index in [1.54, 1.807) is 12.2 Å². The molecule has 0 radical (unpaired) electrons. The number of aliphatic hydroxyl groups excluding tert-OH is 2. The highest BCUT2D eigenvalue weighted by Crippen LogP contribution is 2.43. The maximum Gasteiger partial charge on any atom is 0.472 e. The molecule has 348 valence electrons. The number of Topliss-reactive ketones (excluding diaryl/α,β-unsaturated/α-hetero) is 1. The van der Waals surface area contributed by atoms with Gasteiger partial charge >= 0.3 is 19.8 Å². The number of hydrogen-bond acceptors (Lipinski definition) is 10. The van der Waals surface area contributed by atoms with Gasteiger partial charge in [-0.2, -0.15) is 0 Å². The van der Waals surface area contributed by atoms with E-state index in [0.29, 0.717) is 49.6 Å². The van der Waals surface area contributed by atoms with Crippen molar-refractivity contribution in [3.63, 3.8) is 0 Å². The molecule has 13 heteroatoms. The summed E-state index contributed by atoms with van der Waals surface area (Å²) < 4.78 is 34.2. The van der Waals surface area contributed by atoms with E-state index in [4.69, 9.17) is 18.5 Å². The van der Waals surface area contributed by atoms with Crippen LogP contribution < -0.4 is 0 Å². The predicted molar refractivity (Wildman–Crippen MR) is 243 cm³/mol. The van der Waals surface area contributed by atoms with Crippen LogP contribution in [0.3, 0.4) is 0 Å². The number of aliphatic hydroxyl groups is 2. The number of rotatable bonds is 36. The largest absolute Gasteiger partial charge is 0.472 e. The number of allylic oxidation sites excluding steroid dienone is 11. The van der Waals surface area contributed by atoms with Gasteiger partial charge in [-0.15, -0.1) is 0 Å². The first-order chi connectivity index (χ1) is 29.2. The van der Waals surface area contributed by atoms with Crippen LogP contribution in [-0.2, 0) is 37.5 Å². The van der Waals surface area contributed by atoms with E-state index in [1.807, 2.05) is 27.2 Å². The molecule has 1 aliphatic carbocycles. The Bertz CT molecular complexity index is 1430. The Morgan fingerprint density at radius 3 is 2.02 bits per heavy atom. The molecule has 1 aliphatic rings. The van der Waals surface area contributed by atoms with E-state index < -0.39 is 50.6 Å². The van der Waals surface area contributed by atoms with Crippen molar-refractivity contribution in [3.05, 3.63) is 72.9 Å². The number of ether oxygens (including phenoxy) is 2. The van der Waals surface area contributed by atoms with Crippen LogP contribution >= 0.6 is 7.82 Å². The number of likely N-dealkylation sites (N-methyl/N-ethyl adjacent to an activating group) is 1. The molecule has 61 heavy (non-hydrogen) atoms. The Labute approximate surface area is 368 Å². The molecule has 3 N–H and O–H groups in total. The summed E-state index contributed by atoms with van der Waals surface area (Å²) >= 11 is 0. The third kappa shape index (κ3) is 31.5. The number of esters is 2. The smallest absolute Gasteiger partial charge is 0.462 e. The summed E-state index contributed by atoms with van der Waals surface area (Å²) in [6.45, 7) is 3.84. The van der Waals surface area contributed by atoms with E-state index in [-0.39, 0.29) is 44.2 Å². The van der Waals surface area contributed by atoms with Gasteiger partial charge in [-0.3, -0.25) is 23.4 Å². The Balaban J connectivity index is 2.51. The van der Waals surface area contributed by atoms with Gasteiger partial charge in [0.15, 0.2) is 6.10 Å². The van der Waals surface area contributed by atoms with Crippen LogP contribution in [0, 0.1) is 11.8 Å². The van der Waals surface area contributed by atoms with E-state index in [0.717, 1.165) is 64.2 Å². The quantitative estimate of drug-likeness (QED) is 0.0180. The molecule has 0 bridgehead atoms. The van der Waals surface area contributed by atoms with E-state index in [2.05, 4.69) is 68.5 Å². The fraction of sp³-hybridized carbons (Fsp3) is 0.688. The molecule has 1 rings (SSSR count). The number of nitrogens with zero attached hydrogens (tertiary/aromatic N) is 1. The van der Waals surface area contributed by atoms with Gasteiger partial charge in [0, 0.05) is 25.2 Å². The van der Waals surface area contributed by atoms with Crippen LogP contribution in [0.25, 0.3) is 0 Å². The average molecular weight is 879 g/mol.